The first kappa shape index (κ1) is 24.0. The average molecular weight is 491 g/mol. The Morgan fingerprint density at radius 3 is 2.58 bits per heavy atom. The van der Waals surface area contributed by atoms with Crippen LogP contribution in [0.2, 0.25) is 0 Å². The van der Waals surface area contributed by atoms with Gasteiger partial charge in [-0.25, -0.2) is 18.7 Å². The van der Waals surface area contributed by atoms with E-state index in [9.17, 15) is 8.78 Å². The first-order valence-corrected chi connectivity index (χ1v) is 12.0. The molecule has 0 unspecified atom stereocenters. The Morgan fingerprint density at radius 2 is 1.83 bits per heavy atom. The molecule has 0 atom stereocenters. The molecule has 1 saturated heterocycles. The fourth-order valence-corrected chi connectivity index (χ4v) is 4.36. The van der Waals surface area contributed by atoms with Crippen molar-refractivity contribution in [3.8, 4) is 28.3 Å². The second kappa shape index (κ2) is 10.5. The molecule has 3 heterocycles. The Morgan fingerprint density at radius 1 is 1.00 bits per heavy atom. The molecular formula is C27H28F2N6O. The van der Waals surface area contributed by atoms with Crippen molar-refractivity contribution in [3.63, 3.8) is 0 Å². The van der Waals surface area contributed by atoms with Crippen LogP contribution in [-0.4, -0.2) is 78.2 Å². The second-order valence-corrected chi connectivity index (χ2v) is 8.85. The maximum Gasteiger partial charge on any atom is 0.166 e. The van der Waals surface area contributed by atoms with Gasteiger partial charge in [-0.2, -0.15) is 0 Å². The first-order valence-electron chi connectivity index (χ1n) is 12.0. The summed E-state index contributed by atoms with van der Waals surface area (Å²) in [6.45, 7) is 5.19. The molecule has 1 aliphatic heterocycles. The largest absolute Gasteiger partial charge is 0.490 e. The Labute approximate surface area is 208 Å². The van der Waals surface area contributed by atoms with Crippen LogP contribution in [0.15, 0.2) is 54.9 Å². The summed E-state index contributed by atoms with van der Waals surface area (Å²) in [6, 6.07) is 11.4. The average Bonchev–Trinajstić information content (AvgIpc) is 2.91. The fraction of sp³-hybridized carbons (Fsp3) is 0.296. The van der Waals surface area contributed by atoms with Crippen LogP contribution >= 0.6 is 0 Å². The number of nitrogens with zero attached hydrogens (tertiary/aromatic N) is 5. The van der Waals surface area contributed by atoms with Gasteiger partial charge in [0.25, 0.3) is 0 Å². The molecule has 5 rings (SSSR count). The van der Waals surface area contributed by atoms with Crippen molar-refractivity contribution in [1.82, 2.24) is 24.8 Å². The molecule has 0 spiro atoms. The summed E-state index contributed by atoms with van der Waals surface area (Å²) in [7, 11) is 3.88. The van der Waals surface area contributed by atoms with Gasteiger partial charge in [-0.15, -0.1) is 0 Å². The molecule has 1 fully saturated rings. The van der Waals surface area contributed by atoms with Crippen molar-refractivity contribution in [2.45, 2.75) is 0 Å². The summed E-state index contributed by atoms with van der Waals surface area (Å²) in [5.74, 6) is -0.263. The molecule has 0 amide bonds. The molecule has 186 valence electrons. The van der Waals surface area contributed by atoms with Gasteiger partial charge >= 0.3 is 0 Å². The van der Waals surface area contributed by atoms with Crippen LogP contribution < -0.4 is 10.1 Å². The van der Waals surface area contributed by atoms with E-state index in [1.807, 2.05) is 12.1 Å². The van der Waals surface area contributed by atoms with E-state index in [1.54, 1.807) is 37.6 Å². The number of piperazine rings is 1. The second-order valence-electron chi connectivity index (χ2n) is 8.85. The Balaban J connectivity index is 1.57. The lowest BCUT2D eigenvalue weighted by Gasteiger charge is -2.32. The lowest BCUT2D eigenvalue weighted by atomic mass is 10.0. The summed E-state index contributed by atoms with van der Waals surface area (Å²) in [4.78, 5) is 18.3. The highest BCUT2D eigenvalue weighted by Gasteiger charge is 2.19. The zero-order valence-electron chi connectivity index (χ0n) is 20.3. The minimum absolute atomic E-state index is 0.152. The van der Waals surface area contributed by atoms with Gasteiger partial charge in [-0.05, 0) is 42.9 Å². The number of aromatic nitrogens is 3. The standard InChI is InChI=1S/C27H28F2N6O/c1-30-27-21-15-19(20-6-3-7-22(28)24(20)29)16-23(36-14-13-35-11-9-34(2)10-12-35)25(21)32-26(33-27)18-5-4-8-31-17-18/h3-8,15-17H,9-14H2,1-2H3,(H,30,32,33). The number of ether oxygens (including phenoxy) is 1. The Kier molecular flexibility index (Phi) is 7.02. The van der Waals surface area contributed by atoms with Crippen LogP contribution in [0.3, 0.4) is 0 Å². The van der Waals surface area contributed by atoms with Crippen LogP contribution in [0.4, 0.5) is 14.6 Å². The molecule has 4 aromatic rings. The number of fused-ring (bicyclic) bond motifs is 1. The summed E-state index contributed by atoms with van der Waals surface area (Å²) in [6.07, 6.45) is 3.39. The van der Waals surface area contributed by atoms with E-state index in [4.69, 9.17) is 9.72 Å². The molecule has 0 radical (unpaired) electrons. The molecule has 1 N–H and O–H groups in total. The third-order valence-corrected chi connectivity index (χ3v) is 6.45. The summed E-state index contributed by atoms with van der Waals surface area (Å²) >= 11 is 0. The van der Waals surface area contributed by atoms with Gasteiger partial charge in [-0.3, -0.25) is 9.88 Å². The zero-order valence-corrected chi connectivity index (χ0v) is 20.3. The minimum Gasteiger partial charge on any atom is -0.490 e. The van der Waals surface area contributed by atoms with Gasteiger partial charge in [0, 0.05) is 68.7 Å². The third-order valence-electron chi connectivity index (χ3n) is 6.45. The quantitative estimate of drug-likeness (QED) is 0.414. The number of benzene rings is 2. The molecule has 7 nitrogen and oxygen atoms in total. The maximum absolute atomic E-state index is 14.7. The molecular weight excluding hydrogens is 462 g/mol. The molecule has 9 heteroatoms. The number of halogens is 2. The third kappa shape index (κ3) is 4.98. The summed E-state index contributed by atoms with van der Waals surface area (Å²) in [5.41, 5.74) is 1.99. The number of likely N-dealkylation sites (N-methyl/N-ethyl adjacent to an activating group) is 1. The molecule has 0 saturated carbocycles. The monoisotopic (exact) mass is 490 g/mol. The minimum atomic E-state index is -0.904. The molecule has 0 bridgehead atoms. The van der Waals surface area contributed by atoms with Crippen LogP contribution in [0.5, 0.6) is 5.75 Å². The number of hydrogen-bond acceptors (Lipinski definition) is 7. The zero-order chi connectivity index (χ0) is 25.1. The van der Waals surface area contributed by atoms with Crippen LogP contribution in [0, 0.1) is 11.6 Å². The van der Waals surface area contributed by atoms with Crippen LogP contribution in [-0.2, 0) is 0 Å². The predicted molar refractivity (Wildman–Crippen MR) is 137 cm³/mol. The smallest absolute Gasteiger partial charge is 0.166 e. The highest BCUT2D eigenvalue weighted by molar-refractivity contribution is 5.97. The predicted octanol–water partition coefficient (Wildman–Crippen LogP) is 4.30. The van der Waals surface area contributed by atoms with Crippen molar-refractivity contribution in [2.75, 3.05) is 58.7 Å². The molecule has 0 aliphatic carbocycles. The lowest BCUT2D eigenvalue weighted by Crippen LogP contribution is -2.45. The first-order chi connectivity index (χ1) is 17.5. The van der Waals surface area contributed by atoms with Crippen molar-refractivity contribution in [2.24, 2.45) is 0 Å². The van der Waals surface area contributed by atoms with Gasteiger partial charge in [0.2, 0.25) is 0 Å². The van der Waals surface area contributed by atoms with Gasteiger partial charge < -0.3 is 15.0 Å². The van der Waals surface area contributed by atoms with Gasteiger partial charge in [-0.1, -0.05) is 12.1 Å². The van der Waals surface area contributed by atoms with E-state index in [-0.39, 0.29) is 5.56 Å². The topological polar surface area (TPSA) is 66.4 Å². The Hall–Kier alpha value is -3.69. The summed E-state index contributed by atoms with van der Waals surface area (Å²) in [5, 5.41) is 3.77. The molecule has 36 heavy (non-hydrogen) atoms. The van der Waals surface area contributed by atoms with Crippen molar-refractivity contribution >= 4 is 16.7 Å². The van der Waals surface area contributed by atoms with Crippen molar-refractivity contribution in [3.05, 3.63) is 66.5 Å². The van der Waals surface area contributed by atoms with Crippen LogP contribution in [0.1, 0.15) is 0 Å². The lowest BCUT2D eigenvalue weighted by molar-refractivity contribution is 0.134. The van der Waals surface area contributed by atoms with Crippen molar-refractivity contribution < 1.29 is 13.5 Å². The highest BCUT2D eigenvalue weighted by atomic mass is 19.2. The maximum atomic E-state index is 14.7. The number of pyridine rings is 1. The van der Waals surface area contributed by atoms with Gasteiger partial charge in [0.15, 0.2) is 17.5 Å². The number of anilines is 1. The SMILES string of the molecule is CNc1nc(-c2cccnc2)nc2c(OCCN3CCN(C)CC3)cc(-c3cccc(F)c3F)cc12. The van der Waals surface area contributed by atoms with E-state index in [0.717, 1.165) is 44.4 Å². The van der Waals surface area contributed by atoms with E-state index in [1.165, 1.54) is 6.07 Å². The number of hydrogen-bond donors (Lipinski definition) is 1. The van der Waals surface area contributed by atoms with Crippen LogP contribution in [0.25, 0.3) is 33.4 Å². The molecule has 2 aromatic heterocycles. The van der Waals surface area contributed by atoms with E-state index in [2.05, 4.69) is 32.1 Å². The molecule has 2 aromatic carbocycles. The normalized spacial score (nSPS) is 14.8. The molecule has 1 aliphatic rings. The Bertz CT molecular complexity index is 1360. The van der Waals surface area contributed by atoms with Gasteiger partial charge in [0.05, 0.1) is 0 Å². The van der Waals surface area contributed by atoms with E-state index >= 15 is 0 Å². The van der Waals surface area contributed by atoms with E-state index in [0.29, 0.717) is 40.5 Å². The van der Waals surface area contributed by atoms with Gasteiger partial charge in [0.1, 0.15) is 23.7 Å². The van der Waals surface area contributed by atoms with E-state index < -0.39 is 11.6 Å². The van der Waals surface area contributed by atoms with Crippen molar-refractivity contribution in [1.29, 1.82) is 0 Å². The fourth-order valence-electron chi connectivity index (χ4n) is 4.36. The number of rotatable bonds is 7. The summed E-state index contributed by atoms with van der Waals surface area (Å²) < 4.78 is 35.0. The highest BCUT2D eigenvalue weighted by Crippen LogP contribution is 2.37. The number of nitrogens with one attached hydrogen (secondary N) is 1.